The summed E-state index contributed by atoms with van der Waals surface area (Å²) in [5, 5.41) is 3.08. The van der Waals surface area contributed by atoms with Gasteiger partial charge < -0.3 is 10.1 Å². The molecule has 2 unspecified atom stereocenters. The van der Waals surface area contributed by atoms with Gasteiger partial charge >= 0.3 is 6.09 Å². The zero-order valence-corrected chi connectivity index (χ0v) is 19.0. The molecule has 2 fully saturated rings. The van der Waals surface area contributed by atoms with Gasteiger partial charge in [0.2, 0.25) is 0 Å². The molecule has 3 aromatic carbocycles. The summed E-state index contributed by atoms with van der Waals surface area (Å²) in [6.45, 7) is 3.96. The van der Waals surface area contributed by atoms with Crippen molar-refractivity contribution < 1.29 is 9.53 Å². The zero-order chi connectivity index (χ0) is 22.5. The normalized spacial score (nSPS) is 22.1. The maximum absolute atomic E-state index is 12.7. The quantitative estimate of drug-likeness (QED) is 0.526. The number of rotatable bonds is 7. The van der Waals surface area contributed by atoms with Gasteiger partial charge in [0.25, 0.3) is 0 Å². The van der Waals surface area contributed by atoms with Crippen LogP contribution in [0.25, 0.3) is 0 Å². The summed E-state index contributed by atoms with van der Waals surface area (Å²) in [4.78, 5) is 15.2. The molecule has 4 nitrogen and oxygen atoms in total. The van der Waals surface area contributed by atoms with Crippen LogP contribution in [0.3, 0.4) is 0 Å². The third-order valence-corrected chi connectivity index (χ3v) is 7.25. The fourth-order valence-electron chi connectivity index (χ4n) is 5.64. The summed E-state index contributed by atoms with van der Waals surface area (Å²) < 4.78 is 5.74. The summed E-state index contributed by atoms with van der Waals surface area (Å²) >= 11 is 0. The van der Waals surface area contributed by atoms with E-state index in [-0.39, 0.29) is 6.09 Å². The minimum Gasteiger partial charge on any atom is -0.410 e. The van der Waals surface area contributed by atoms with E-state index < -0.39 is 0 Å². The number of carbonyl (C=O) groups excluding carboxylic acids is 1. The van der Waals surface area contributed by atoms with Gasteiger partial charge in [-0.3, -0.25) is 4.90 Å². The fraction of sp³-hybridized carbons (Fsp3) is 0.345. The van der Waals surface area contributed by atoms with E-state index in [1.165, 1.54) is 24.0 Å². The van der Waals surface area contributed by atoms with Crippen LogP contribution in [-0.4, -0.2) is 30.6 Å². The first-order valence-electron chi connectivity index (χ1n) is 12.1. The van der Waals surface area contributed by atoms with E-state index >= 15 is 0 Å². The average Bonchev–Trinajstić information content (AvgIpc) is 3.08. The largest absolute Gasteiger partial charge is 0.412 e. The fourth-order valence-corrected chi connectivity index (χ4v) is 5.64. The number of nitrogens with zero attached hydrogens (tertiary/aromatic N) is 1. The number of amides is 1. The number of fused-ring (bicyclic) bond motifs is 2. The summed E-state index contributed by atoms with van der Waals surface area (Å²) in [7, 11) is 0. The Kier molecular flexibility index (Phi) is 6.73. The maximum Gasteiger partial charge on any atom is 0.412 e. The summed E-state index contributed by atoms with van der Waals surface area (Å²) in [5.74, 6) is 2.49. The number of likely N-dealkylation sites (tertiary alicyclic amines) is 1. The molecule has 1 saturated heterocycles. The second-order valence-corrected chi connectivity index (χ2v) is 9.48. The molecule has 2 aliphatic rings. The van der Waals surface area contributed by atoms with E-state index in [0.717, 1.165) is 31.6 Å². The Hall–Kier alpha value is -3.11. The predicted molar refractivity (Wildman–Crippen MR) is 131 cm³/mol. The van der Waals surface area contributed by atoms with Crippen molar-refractivity contribution in [2.24, 2.45) is 17.8 Å². The summed E-state index contributed by atoms with van der Waals surface area (Å²) in [6.07, 6.45) is 2.92. The molecule has 0 spiro atoms. The molecule has 5 rings (SSSR count). The molecule has 1 N–H and O–H groups in total. The Labute approximate surface area is 196 Å². The molecule has 33 heavy (non-hydrogen) atoms. The van der Waals surface area contributed by atoms with Crippen LogP contribution >= 0.6 is 0 Å². The van der Waals surface area contributed by atoms with Gasteiger partial charge in [0.1, 0.15) is 5.75 Å². The second kappa shape index (κ2) is 10.2. The molecule has 1 heterocycles. The topological polar surface area (TPSA) is 41.6 Å². The number of nitrogens with one attached hydrogen (secondary N) is 1. The molecule has 2 bridgehead atoms. The summed E-state index contributed by atoms with van der Waals surface area (Å²) in [5.41, 5.74) is 3.60. The highest BCUT2D eigenvalue weighted by atomic mass is 16.6. The lowest BCUT2D eigenvalue weighted by Gasteiger charge is -2.38. The third kappa shape index (κ3) is 5.45. The van der Waals surface area contributed by atoms with Crippen molar-refractivity contribution in [1.82, 2.24) is 10.2 Å². The van der Waals surface area contributed by atoms with E-state index in [0.29, 0.717) is 30.0 Å². The monoisotopic (exact) mass is 440 g/mol. The van der Waals surface area contributed by atoms with Crippen LogP contribution in [0.1, 0.15) is 29.5 Å². The first-order chi connectivity index (χ1) is 16.2. The van der Waals surface area contributed by atoms with E-state index in [2.05, 4.69) is 52.7 Å². The molecule has 1 saturated carbocycles. The van der Waals surface area contributed by atoms with Crippen molar-refractivity contribution in [3.05, 3.63) is 102 Å². The van der Waals surface area contributed by atoms with E-state index in [9.17, 15) is 4.79 Å². The van der Waals surface area contributed by atoms with Gasteiger partial charge in [-0.2, -0.15) is 0 Å². The molecule has 1 amide bonds. The van der Waals surface area contributed by atoms with Gasteiger partial charge in [0, 0.05) is 32.6 Å². The Balaban J connectivity index is 1.14. The number of para-hydroxylation sites is 1. The van der Waals surface area contributed by atoms with E-state index in [4.69, 9.17) is 4.74 Å². The number of ether oxygens (including phenoxy) is 1. The van der Waals surface area contributed by atoms with Crippen LogP contribution < -0.4 is 10.1 Å². The van der Waals surface area contributed by atoms with Crippen LogP contribution in [0.2, 0.25) is 0 Å². The predicted octanol–water partition coefficient (Wildman–Crippen LogP) is 5.52. The van der Waals surface area contributed by atoms with Crippen LogP contribution in [0.15, 0.2) is 84.9 Å². The van der Waals surface area contributed by atoms with Gasteiger partial charge in [-0.05, 0) is 53.4 Å². The number of hydrogen-bond acceptors (Lipinski definition) is 3. The smallest absolute Gasteiger partial charge is 0.410 e. The molecular weight excluding hydrogens is 408 g/mol. The van der Waals surface area contributed by atoms with E-state index in [1.54, 1.807) is 0 Å². The van der Waals surface area contributed by atoms with Crippen molar-refractivity contribution in [2.45, 2.75) is 25.8 Å². The highest BCUT2D eigenvalue weighted by Gasteiger charge is 2.41. The molecule has 0 radical (unpaired) electrons. The van der Waals surface area contributed by atoms with Crippen molar-refractivity contribution in [1.29, 1.82) is 0 Å². The highest BCUT2D eigenvalue weighted by molar-refractivity contribution is 5.70. The van der Waals surface area contributed by atoms with Crippen molar-refractivity contribution >= 4 is 6.09 Å². The Morgan fingerprint density at radius 1 is 0.818 bits per heavy atom. The van der Waals surface area contributed by atoms with Crippen molar-refractivity contribution in [3.8, 4) is 5.75 Å². The number of carbonyl (C=O) groups is 1. The lowest BCUT2D eigenvalue weighted by molar-refractivity contribution is 0.102. The third-order valence-electron chi connectivity index (χ3n) is 7.25. The van der Waals surface area contributed by atoms with Gasteiger partial charge in [-0.1, -0.05) is 78.9 Å². The molecular formula is C29H32N2O2. The van der Waals surface area contributed by atoms with Crippen LogP contribution in [-0.2, 0) is 13.0 Å². The Morgan fingerprint density at radius 2 is 1.42 bits per heavy atom. The van der Waals surface area contributed by atoms with E-state index in [1.807, 2.05) is 42.5 Å². The van der Waals surface area contributed by atoms with Gasteiger partial charge in [0.05, 0.1) is 0 Å². The molecule has 3 aromatic rings. The Morgan fingerprint density at radius 3 is 2.12 bits per heavy atom. The molecule has 0 aromatic heterocycles. The van der Waals surface area contributed by atoms with Gasteiger partial charge in [-0.25, -0.2) is 4.79 Å². The highest BCUT2D eigenvalue weighted by Crippen LogP contribution is 2.42. The number of hydrogen-bond donors (Lipinski definition) is 1. The first-order valence-corrected chi connectivity index (χ1v) is 12.1. The van der Waals surface area contributed by atoms with Crippen molar-refractivity contribution in [3.63, 3.8) is 0 Å². The van der Waals surface area contributed by atoms with Crippen LogP contribution in [0.5, 0.6) is 5.75 Å². The molecule has 4 heteroatoms. The Bertz CT molecular complexity index is 1040. The number of benzene rings is 3. The lowest BCUT2D eigenvalue weighted by atomic mass is 9.85. The minimum atomic E-state index is -0.346. The maximum atomic E-state index is 12.7. The second-order valence-electron chi connectivity index (χ2n) is 9.48. The first kappa shape index (κ1) is 21.7. The van der Waals surface area contributed by atoms with Gasteiger partial charge in [-0.15, -0.1) is 0 Å². The SMILES string of the molecule is O=C(NCC1C2CCC1CN(Cc1ccccc1)C2)Oc1ccccc1Cc1ccccc1. The molecule has 1 aliphatic heterocycles. The standard InChI is InChI=1S/C29H32N2O2/c32-29(33-28-14-8-7-13-24(28)17-22-9-3-1-4-10-22)30-18-27-25-15-16-26(27)21-31(20-25)19-23-11-5-2-6-12-23/h1-14,25-27H,15-21H2,(H,30,32). The van der Waals surface area contributed by atoms with Crippen LogP contribution in [0, 0.1) is 17.8 Å². The average molecular weight is 441 g/mol. The molecule has 1 aliphatic carbocycles. The zero-order valence-electron chi connectivity index (χ0n) is 19.0. The van der Waals surface area contributed by atoms with Crippen LogP contribution in [0.4, 0.5) is 4.79 Å². The van der Waals surface area contributed by atoms with Gasteiger partial charge in [0.15, 0.2) is 0 Å². The van der Waals surface area contributed by atoms with Crippen molar-refractivity contribution in [2.75, 3.05) is 19.6 Å². The lowest BCUT2D eigenvalue weighted by Crippen LogP contribution is -2.46. The number of piperidine rings is 1. The molecule has 170 valence electrons. The molecule has 2 atom stereocenters. The minimum absolute atomic E-state index is 0.346. The summed E-state index contributed by atoms with van der Waals surface area (Å²) in [6, 6.07) is 28.8.